The molecular formula is C6H9N3. The first-order valence-electron chi connectivity index (χ1n) is 2.71. The van der Waals surface area contributed by atoms with E-state index in [-0.39, 0.29) is 0 Å². The molecule has 0 aromatic heterocycles. The normalized spacial score (nSPS) is 18.2. The zero-order chi connectivity index (χ0) is 6.85. The van der Waals surface area contributed by atoms with Crippen LogP contribution in [-0.4, -0.2) is 24.1 Å². The average molecular weight is 123 g/mol. The van der Waals surface area contributed by atoms with Gasteiger partial charge in [0, 0.05) is 7.05 Å². The van der Waals surface area contributed by atoms with Crippen molar-refractivity contribution in [1.82, 2.24) is 4.90 Å². The summed E-state index contributed by atoms with van der Waals surface area (Å²) in [5.41, 5.74) is 0. The fraction of sp³-hybridized carbons (Fsp3) is 0.333. The van der Waals surface area contributed by atoms with Gasteiger partial charge in [-0.05, 0) is 6.92 Å². The van der Waals surface area contributed by atoms with Gasteiger partial charge in [-0.25, -0.2) is 9.98 Å². The van der Waals surface area contributed by atoms with Gasteiger partial charge >= 0.3 is 0 Å². The molecule has 1 aliphatic rings. The highest BCUT2D eigenvalue weighted by atomic mass is 15.3. The third-order valence-electron chi connectivity index (χ3n) is 1.32. The second kappa shape index (κ2) is 2.01. The maximum absolute atomic E-state index is 3.95. The van der Waals surface area contributed by atoms with E-state index in [0.717, 1.165) is 11.7 Å². The Labute approximate surface area is 54.4 Å². The summed E-state index contributed by atoms with van der Waals surface area (Å²) >= 11 is 0. The number of hydrogen-bond acceptors (Lipinski definition) is 3. The fourth-order valence-electron chi connectivity index (χ4n) is 0.539. The van der Waals surface area contributed by atoms with Crippen molar-refractivity contribution in [2.75, 3.05) is 7.05 Å². The molecule has 0 bridgehead atoms. The average Bonchev–Trinajstić information content (AvgIpc) is 1.83. The predicted molar refractivity (Wildman–Crippen MR) is 38.5 cm³/mol. The molecule has 0 radical (unpaired) electrons. The van der Waals surface area contributed by atoms with Crippen molar-refractivity contribution in [3.05, 3.63) is 12.4 Å². The molecule has 48 valence electrons. The van der Waals surface area contributed by atoms with Crippen LogP contribution in [0.25, 0.3) is 0 Å². The first-order valence-corrected chi connectivity index (χ1v) is 2.71. The van der Waals surface area contributed by atoms with Gasteiger partial charge in [-0.3, -0.25) is 0 Å². The van der Waals surface area contributed by atoms with Crippen LogP contribution in [0.3, 0.4) is 0 Å². The quantitative estimate of drug-likeness (QED) is 0.469. The summed E-state index contributed by atoms with van der Waals surface area (Å²) in [7, 11) is 1.89. The largest absolute Gasteiger partial charge is 0.318 e. The van der Waals surface area contributed by atoms with Gasteiger partial charge in [0.2, 0.25) is 0 Å². The van der Waals surface area contributed by atoms with Crippen molar-refractivity contribution in [2.24, 2.45) is 9.98 Å². The van der Waals surface area contributed by atoms with Crippen LogP contribution in [0.1, 0.15) is 6.92 Å². The van der Waals surface area contributed by atoms with Crippen LogP contribution in [-0.2, 0) is 0 Å². The summed E-state index contributed by atoms with van der Waals surface area (Å²) in [5, 5.41) is 0. The van der Waals surface area contributed by atoms with E-state index in [9.17, 15) is 0 Å². The Balaban J connectivity index is 2.86. The fourth-order valence-corrected chi connectivity index (χ4v) is 0.539. The molecular weight excluding hydrogens is 114 g/mol. The van der Waals surface area contributed by atoms with Gasteiger partial charge in [0.25, 0.3) is 0 Å². The summed E-state index contributed by atoms with van der Waals surface area (Å²) in [6.45, 7) is 5.61. The zero-order valence-corrected chi connectivity index (χ0v) is 5.63. The lowest BCUT2D eigenvalue weighted by molar-refractivity contribution is 0.612. The molecule has 1 heterocycles. The number of rotatable bonds is 0. The van der Waals surface area contributed by atoms with Crippen molar-refractivity contribution in [1.29, 1.82) is 0 Å². The van der Waals surface area contributed by atoms with Crippen molar-refractivity contribution < 1.29 is 0 Å². The van der Waals surface area contributed by atoms with Gasteiger partial charge in [-0.15, -0.1) is 0 Å². The molecule has 1 aliphatic heterocycles. The Morgan fingerprint density at radius 3 is 2.78 bits per heavy atom. The van der Waals surface area contributed by atoms with E-state index in [1.807, 2.05) is 18.9 Å². The van der Waals surface area contributed by atoms with Crippen LogP contribution >= 0.6 is 0 Å². The van der Waals surface area contributed by atoms with Crippen LogP contribution in [0.2, 0.25) is 0 Å². The zero-order valence-electron chi connectivity index (χ0n) is 5.63. The van der Waals surface area contributed by atoms with E-state index in [1.54, 1.807) is 0 Å². The molecule has 0 fully saturated rings. The minimum absolute atomic E-state index is 0.738. The lowest BCUT2D eigenvalue weighted by Gasteiger charge is -2.19. The van der Waals surface area contributed by atoms with Crippen LogP contribution in [0, 0.1) is 0 Å². The van der Waals surface area contributed by atoms with E-state index in [4.69, 9.17) is 0 Å². The van der Waals surface area contributed by atoms with E-state index < -0.39 is 0 Å². The van der Waals surface area contributed by atoms with Crippen molar-refractivity contribution >= 4 is 12.2 Å². The molecule has 3 nitrogen and oxygen atoms in total. The number of aliphatic imine (C=N–C) groups is 2. The number of hydrogen-bond donors (Lipinski definition) is 0. The van der Waals surface area contributed by atoms with Crippen LogP contribution in [0.5, 0.6) is 0 Å². The van der Waals surface area contributed by atoms with Gasteiger partial charge in [0.15, 0.2) is 0 Å². The van der Waals surface area contributed by atoms with Crippen molar-refractivity contribution in [2.45, 2.75) is 6.92 Å². The number of nitrogens with zero attached hydrogens (tertiary/aromatic N) is 3. The first-order chi connectivity index (χ1) is 4.22. The molecule has 0 saturated carbocycles. The molecule has 0 spiro atoms. The van der Waals surface area contributed by atoms with Crippen LogP contribution in [0.15, 0.2) is 22.4 Å². The third-order valence-corrected chi connectivity index (χ3v) is 1.32. The van der Waals surface area contributed by atoms with Gasteiger partial charge in [0.1, 0.15) is 18.0 Å². The molecule has 3 heteroatoms. The lowest BCUT2D eigenvalue weighted by atomic mass is 10.5. The Kier molecular flexibility index (Phi) is 1.34. The highest BCUT2D eigenvalue weighted by Gasteiger charge is 2.05. The molecule has 0 saturated heterocycles. The molecule has 0 aromatic rings. The van der Waals surface area contributed by atoms with E-state index in [2.05, 4.69) is 16.6 Å². The summed E-state index contributed by atoms with van der Waals surface area (Å²) < 4.78 is 0. The smallest absolute Gasteiger partial charge is 0.128 e. The van der Waals surface area contributed by atoms with Crippen molar-refractivity contribution in [3.63, 3.8) is 0 Å². The molecule has 0 amide bonds. The van der Waals surface area contributed by atoms with Crippen LogP contribution in [0.4, 0.5) is 0 Å². The third kappa shape index (κ3) is 0.988. The molecule has 0 aliphatic carbocycles. The second-order valence-corrected chi connectivity index (χ2v) is 1.90. The molecule has 9 heavy (non-hydrogen) atoms. The Morgan fingerprint density at radius 1 is 1.67 bits per heavy atom. The summed E-state index contributed by atoms with van der Waals surface area (Å²) in [5.74, 6) is 1.66. The second-order valence-electron chi connectivity index (χ2n) is 1.90. The predicted octanol–water partition coefficient (Wildman–Crippen LogP) is 0.850. The van der Waals surface area contributed by atoms with E-state index >= 15 is 0 Å². The molecule has 0 N–H and O–H groups in total. The topological polar surface area (TPSA) is 28.0 Å². The Morgan fingerprint density at radius 2 is 2.33 bits per heavy atom. The maximum atomic E-state index is 3.95. The standard InChI is InChI=1S/C6H9N3/c1-5-7-4-8-6(2)9(5)3/h4H,1H2,2-3H3. The minimum atomic E-state index is 0.738. The molecule has 0 aromatic carbocycles. The first kappa shape index (κ1) is 6.01. The van der Waals surface area contributed by atoms with Crippen LogP contribution < -0.4 is 0 Å². The maximum Gasteiger partial charge on any atom is 0.128 e. The Hall–Kier alpha value is -1.12. The highest BCUT2D eigenvalue weighted by molar-refractivity contribution is 5.89. The van der Waals surface area contributed by atoms with E-state index in [0.29, 0.717) is 0 Å². The van der Waals surface area contributed by atoms with E-state index in [1.165, 1.54) is 6.34 Å². The van der Waals surface area contributed by atoms with Gasteiger partial charge in [-0.2, -0.15) is 0 Å². The minimum Gasteiger partial charge on any atom is -0.318 e. The SMILES string of the molecule is C=C1N=CN=C(C)N1C. The van der Waals surface area contributed by atoms with Gasteiger partial charge in [-0.1, -0.05) is 6.58 Å². The summed E-state index contributed by atoms with van der Waals surface area (Å²) in [6.07, 6.45) is 1.51. The lowest BCUT2D eigenvalue weighted by Crippen LogP contribution is -2.24. The summed E-state index contributed by atoms with van der Waals surface area (Å²) in [6, 6.07) is 0. The van der Waals surface area contributed by atoms with Gasteiger partial charge < -0.3 is 4.90 Å². The molecule has 1 rings (SSSR count). The monoisotopic (exact) mass is 123 g/mol. The molecule has 0 unspecified atom stereocenters. The number of amidine groups is 1. The van der Waals surface area contributed by atoms with Crippen molar-refractivity contribution in [3.8, 4) is 0 Å². The highest BCUT2D eigenvalue weighted by Crippen LogP contribution is 2.03. The van der Waals surface area contributed by atoms with Gasteiger partial charge in [0.05, 0.1) is 0 Å². The summed E-state index contributed by atoms with van der Waals surface area (Å²) in [4.78, 5) is 9.67. The Bertz CT molecular complexity index is 190. The molecule has 0 atom stereocenters.